The molecule has 0 N–H and O–H groups in total. The van der Waals surface area contributed by atoms with Gasteiger partial charge in [0, 0.05) is 10.5 Å². The minimum atomic E-state index is -0.594. The highest BCUT2D eigenvalue weighted by Crippen LogP contribution is 2.49. The zero-order valence-corrected chi connectivity index (χ0v) is 19.9. The van der Waals surface area contributed by atoms with Crippen molar-refractivity contribution in [2.24, 2.45) is 5.41 Å². The summed E-state index contributed by atoms with van der Waals surface area (Å²) in [4.78, 5) is 12.6. The van der Waals surface area contributed by atoms with E-state index >= 15 is 0 Å². The summed E-state index contributed by atoms with van der Waals surface area (Å²) < 4.78 is 17.0. The Bertz CT molecular complexity index is 452. The fraction of sp³-hybridized carbons (Fsp3) is 0.950. The molecule has 0 aliphatic rings. The number of rotatable bonds is 9. The van der Waals surface area contributed by atoms with E-state index in [0.717, 1.165) is 5.75 Å². The van der Waals surface area contributed by atoms with E-state index < -0.39 is 5.41 Å². The topological polar surface area (TPSA) is 44.8 Å². The molecule has 0 rings (SSSR count). The van der Waals surface area contributed by atoms with Crippen LogP contribution in [0.1, 0.15) is 69.2 Å². The molecule has 0 saturated heterocycles. The quantitative estimate of drug-likeness (QED) is 0.439. The number of thioether (sulfide) groups is 1. The lowest BCUT2D eigenvalue weighted by Gasteiger charge is -2.45. The summed E-state index contributed by atoms with van der Waals surface area (Å²) in [6, 6.07) is 0. The van der Waals surface area contributed by atoms with E-state index in [1.807, 2.05) is 27.7 Å². The van der Waals surface area contributed by atoms with Crippen molar-refractivity contribution in [3.63, 3.8) is 0 Å². The van der Waals surface area contributed by atoms with Crippen molar-refractivity contribution in [1.29, 1.82) is 0 Å². The molecule has 26 heavy (non-hydrogen) atoms. The maximum Gasteiger partial charge on any atom is 0.312 e. The molecule has 3 atom stereocenters. The molecular weight excluding hydrogens is 347 g/mol. The molecule has 0 amide bonds. The van der Waals surface area contributed by atoms with Gasteiger partial charge in [0.05, 0.1) is 36.4 Å². The van der Waals surface area contributed by atoms with Crippen molar-refractivity contribution in [1.82, 2.24) is 0 Å². The predicted molar refractivity (Wildman–Crippen MR) is 115 cm³/mol. The fourth-order valence-electron chi connectivity index (χ4n) is 2.80. The summed E-state index contributed by atoms with van der Waals surface area (Å²) in [6.07, 6.45) is -0.0486. The van der Waals surface area contributed by atoms with Gasteiger partial charge in [-0.05, 0) is 62.3 Å². The van der Waals surface area contributed by atoms with Crippen molar-refractivity contribution in [3.05, 3.63) is 0 Å². The maximum absolute atomic E-state index is 12.6. The molecule has 0 aliphatic heterocycles. The second-order valence-corrected chi connectivity index (χ2v) is 11.6. The Hall–Kier alpha value is -0.195. The Kier molecular flexibility index (Phi) is 9.26. The van der Waals surface area contributed by atoms with E-state index in [-0.39, 0.29) is 33.8 Å². The summed E-state index contributed by atoms with van der Waals surface area (Å²) in [5.74, 6) is 0.745. The van der Waals surface area contributed by atoms with Gasteiger partial charge in [-0.2, -0.15) is 11.8 Å². The summed E-state index contributed by atoms with van der Waals surface area (Å²) >= 11 is 1.75. The molecule has 0 radical (unpaired) electrons. The van der Waals surface area contributed by atoms with Gasteiger partial charge in [0.25, 0.3) is 0 Å². The first-order valence-corrected chi connectivity index (χ1v) is 10.5. The lowest BCUT2D eigenvalue weighted by atomic mass is 9.61. The number of carbonyl (C=O) groups excluding carboxylic acids is 1. The maximum atomic E-state index is 12.6. The van der Waals surface area contributed by atoms with Crippen LogP contribution in [0.2, 0.25) is 5.82 Å². The van der Waals surface area contributed by atoms with Gasteiger partial charge in [-0.1, -0.05) is 12.7 Å². The van der Waals surface area contributed by atoms with Gasteiger partial charge in [-0.3, -0.25) is 4.79 Å². The van der Waals surface area contributed by atoms with Crippen LogP contribution in [0.25, 0.3) is 0 Å². The van der Waals surface area contributed by atoms with E-state index in [4.69, 9.17) is 14.2 Å². The number of esters is 1. The Balaban J connectivity index is 5.30. The molecule has 0 fully saturated rings. The first-order chi connectivity index (χ1) is 11.5. The third-order valence-electron chi connectivity index (χ3n) is 4.87. The van der Waals surface area contributed by atoms with Gasteiger partial charge in [0.15, 0.2) is 0 Å². The normalized spacial score (nSPS) is 18.1. The van der Waals surface area contributed by atoms with E-state index in [0.29, 0.717) is 6.61 Å². The highest BCUT2D eigenvalue weighted by Gasteiger charge is 2.50. The molecule has 6 heteroatoms. The highest BCUT2D eigenvalue weighted by molar-refractivity contribution is 8.00. The average molecular weight is 388 g/mol. The molecule has 0 aliphatic carbocycles. The molecule has 0 aromatic heterocycles. The molecular formula is C20H41BO4S. The van der Waals surface area contributed by atoms with E-state index in [2.05, 4.69) is 49.4 Å². The van der Waals surface area contributed by atoms with Crippen LogP contribution in [0.4, 0.5) is 0 Å². The van der Waals surface area contributed by atoms with Gasteiger partial charge < -0.3 is 14.2 Å². The molecule has 0 heterocycles. The molecule has 0 aromatic carbocycles. The van der Waals surface area contributed by atoms with Gasteiger partial charge in [-0.15, -0.1) is 0 Å². The fourth-order valence-corrected chi connectivity index (χ4v) is 4.18. The monoisotopic (exact) mass is 388 g/mol. The van der Waals surface area contributed by atoms with E-state index in [9.17, 15) is 4.79 Å². The predicted octanol–water partition coefficient (Wildman–Crippen LogP) is 4.12. The van der Waals surface area contributed by atoms with Crippen LogP contribution in [0, 0.1) is 5.41 Å². The van der Waals surface area contributed by atoms with Crippen LogP contribution >= 0.6 is 11.8 Å². The second-order valence-electron chi connectivity index (χ2n) is 9.95. The van der Waals surface area contributed by atoms with Crippen LogP contribution in [0.3, 0.4) is 0 Å². The number of carbonyl (C=O) groups is 1. The number of hydrogen-bond acceptors (Lipinski definition) is 5. The van der Waals surface area contributed by atoms with Crippen LogP contribution in [-0.2, 0) is 19.0 Å². The van der Waals surface area contributed by atoms with Crippen LogP contribution in [0.5, 0.6) is 0 Å². The Morgan fingerprint density at radius 1 is 1.00 bits per heavy atom. The third-order valence-corrected chi connectivity index (χ3v) is 6.55. The van der Waals surface area contributed by atoms with Crippen molar-refractivity contribution in [2.75, 3.05) is 19.5 Å². The molecule has 0 spiro atoms. The largest absolute Gasteiger partial charge is 0.469 e. The summed E-state index contributed by atoms with van der Waals surface area (Å²) in [5, 5.41) is 0. The molecule has 0 aromatic rings. The van der Waals surface area contributed by atoms with Crippen molar-refractivity contribution in [3.8, 4) is 0 Å². The third kappa shape index (κ3) is 7.81. The Labute approximate surface area is 166 Å². The summed E-state index contributed by atoms with van der Waals surface area (Å²) in [7, 11) is 3.54. The van der Waals surface area contributed by atoms with Gasteiger partial charge in [0.1, 0.15) is 7.85 Å². The van der Waals surface area contributed by atoms with Crippen LogP contribution in [-0.4, -0.2) is 55.3 Å². The second kappa shape index (κ2) is 9.33. The van der Waals surface area contributed by atoms with Gasteiger partial charge in [0.2, 0.25) is 0 Å². The molecule has 4 nitrogen and oxygen atoms in total. The number of methoxy groups -OCH3 is 1. The van der Waals surface area contributed by atoms with E-state index in [1.54, 1.807) is 11.8 Å². The summed E-state index contributed by atoms with van der Waals surface area (Å²) in [6.45, 7) is 21.1. The Morgan fingerprint density at radius 3 is 1.85 bits per heavy atom. The first kappa shape index (κ1) is 25.8. The molecule has 0 saturated carbocycles. The number of hydrogen-bond donors (Lipinski definition) is 0. The SMILES string of the molecule is BC(C)C(C)(C(=O)OC)C(C)(C)SCC(COC(C)(C)C)OC(C)(C)C. The van der Waals surface area contributed by atoms with Crippen LogP contribution < -0.4 is 0 Å². The first-order valence-electron chi connectivity index (χ1n) is 9.50. The molecule has 0 bridgehead atoms. The van der Waals surface area contributed by atoms with Crippen LogP contribution in [0.15, 0.2) is 0 Å². The van der Waals surface area contributed by atoms with Crippen molar-refractivity contribution in [2.45, 2.75) is 97.1 Å². The average Bonchev–Trinajstić information content (AvgIpc) is 2.45. The lowest BCUT2D eigenvalue weighted by Crippen LogP contribution is -2.49. The zero-order chi connectivity index (χ0) is 21.0. The summed E-state index contributed by atoms with van der Waals surface area (Å²) in [5.41, 5.74) is -1.05. The molecule has 154 valence electrons. The zero-order valence-electron chi connectivity index (χ0n) is 19.1. The smallest absolute Gasteiger partial charge is 0.312 e. The standard InChI is InChI=1S/C20H41BO4S/c1-14(21)20(10,16(22)23-11)19(8,9)26-13-15(25-18(5,6)7)12-24-17(2,3)4/h14-15H,12-13,21H2,1-11H3. The highest BCUT2D eigenvalue weighted by atomic mass is 32.2. The van der Waals surface area contributed by atoms with Gasteiger partial charge in [-0.25, -0.2) is 0 Å². The molecule has 3 unspecified atom stereocenters. The lowest BCUT2D eigenvalue weighted by molar-refractivity contribution is -0.153. The van der Waals surface area contributed by atoms with Gasteiger partial charge >= 0.3 is 5.97 Å². The van der Waals surface area contributed by atoms with E-state index in [1.165, 1.54) is 7.11 Å². The van der Waals surface area contributed by atoms with Crippen molar-refractivity contribution >= 4 is 25.6 Å². The van der Waals surface area contributed by atoms with Crippen molar-refractivity contribution < 1.29 is 19.0 Å². The minimum Gasteiger partial charge on any atom is -0.469 e. The minimum absolute atomic E-state index is 0.0486. The Morgan fingerprint density at radius 2 is 1.50 bits per heavy atom. The number of ether oxygens (including phenoxy) is 3.